The van der Waals surface area contributed by atoms with E-state index < -0.39 is 0 Å². The van der Waals surface area contributed by atoms with E-state index in [9.17, 15) is 4.79 Å². The van der Waals surface area contributed by atoms with Gasteiger partial charge >= 0.3 is 0 Å². The lowest BCUT2D eigenvalue weighted by atomic mass is 10.2. The Balaban J connectivity index is 2.89. The van der Waals surface area contributed by atoms with Gasteiger partial charge in [0.15, 0.2) is 6.29 Å². The Labute approximate surface area is 68.6 Å². The first kappa shape index (κ1) is 6.97. The molecule has 2 rings (SSSR count). The number of rotatable bonds is 1. The fraction of sp³-hybridized carbons (Fsp3) is 0.125. The molecule has 0 bridgehead atoms. The molecule has 0 aliphatic carbocycles. The van der Waals surface area contributed by atoms with E-state index in [1.165, 1.54) is 6.20 Å². The highest BCUT2D eigenvalue weighted by atomic mass is 16.1. The fourth-order valence-electron chi connectivity index (χ4n) is 1.16. The monoisotopic (exact) mass is 161 g/mol. The minimum absolute atomic E-state index is 0.525. The number of pyridine rings is 1. The third-order valence-electron chi connectivity index (χ3n) is 1.81. The highest BCUT2D eigenvalue weighted by Gasteiger charge is 2.05. The van der Waals surface area contributed by atoms with Gasteiger partial charge in [0.25, 0.3) is 0 Å². The van der Waals surface area contributed by atoms with E-state index in [-0.39, 0.29) is 0 Å². The summed E-state index contributed by atoms with van der Waals surface area (Å²) < 4.78 is 0. The number of nitrogens with one attached hydrogen (secondary N) is 1. The lowest BCUT2D eigenvalue weighted by Gasteiger charge is -1.90. The maximum atomic E-state index is 10.5. The highest BCUT2D eigenvalue weighted by Crippen LogP contribution is 2.15. The molecule has 2 aromatic rings. The van der Waals surface area contributed by atoms with Crippen LogP contribution in [-0.2, 0) is 0 Å². The number of aromatic amines is 1. The zero-order valence-electron chi connectivity index (χ0n) is 6.53. The van der Waals surface area contributed by atoms with Crippen molar-refractivity contribution in [2.75, 3.05) is 0 Å². The van der Waals surface area contributed by atoms with Crippen LogP contribution in [0.3, 0.4) is 0 Å². The van der Waals surface area contributed by atoms with Crippen LogP contribution in [0.2, 0.25) is 0 Å². The lowest BCUT2D eigenvalue weighted by Crippen LogP contribution is -1.84. The molecule has 1 N–H and O–H groups in total. The summed E-state index contributed by atoms with van der Waals surface area (Å²) in [5.74, 6) is 0. The molecule has 0 atom stereocenters. The van der Waals surface area contributed by atoms with Gasteiger partial charge in [-0.25, -0.2) is 0 Å². The molecule has 0 spiro atoms. The first-order valence-electron chi connectivity index (χ1n) is 3.57. The van der Waals surface area contributed by atoms with Crippen molar-refractivity contribution in [2.45, 2.75) is 6.92 Å². The minimum atomic E-state index is 0.525. The Morgan fingerprint density at radius 3 is 3.08 bits per heavy atom. The molecular formula is C8H7N3O. The van der Waals surface area contributed by atoms with Gasteiger partial charge in [-0.3, -0.25) is 14.9 Å². The smallest absolute Gasteiger partial charge is 0.153 e. The van der Waals surface area contributed by atoms with Crippen LogP contribution in [0.15, 0.2) is 12.4 Å². The van der Waals surface area contributed by atoms with Crippen molar-refractivity contribution in [3.05, 3.63) is 23.7 Å². The van der Waals surface area contributed by atoms with Gasteiger partial charge in [-0.05, 0) is 6.92 Å². The van der Waals surface area contributed by atoms with Gasteiger partial charge < -0.3 is 0 Å². The van der Waals surface area contributed by atoms with E-state index in [1.54, 1.807) is 6.20 Å². The van der Waals surface area contributed by atoms with Crippen molar-refractivity contribution in [3.63, 3.8) is 0 Å². The molecule has 0 saturated heterocycles. The molecule has 12 heavy (non-hydrogen) atoms. The average Bonchev–Trinajstić information content (AvgIpc) is 2.48. The maximum absolute atomic E-state index is 10.5. The van der Waals surface area contributed by atoms with Gasteiger partial charge in [-0.15, -0.1) is 0 Å². The molecule has 60 valence electrons. The largest absolute Gasteiger partial charge is 0.298 e. The quantitative estimate of drug-likeness (QED) is 0.636. The van der Waals surface area contributed by atoms with Crippen molar-refractivity contribution < 1.29 is 4.79 Å². The van der Waals surface area contributed by atoms with E-state index in [0.29, 0.717) is 11.1 Å². The molecule has 0 aliphatic heterocycles. The van der Waals surface area contributed by atoms with Crippen molar-refractivity contribution in [3.8, 4) is 0 Å². The number of hydrogen-bond donors (Lipinski definition) is 1. The number of carbonyl (C=O) groups is 1. The standard InChI is InChI=1S/C8H7N3O/c1-5-7-3-9-2-6(4-12)8(7)11-10-5/h2-4H,1H3,(H,10,11). The molecule has 4 heteroatoms. The van der Waals surface area contributed by atoms with Crippen LogP contribution in [0.1, 0.15) is 16.1 Å². The number of fused-ring (bicyclic) bond motifs is 1. The summed E-state index contributed by atoms with van der Waals surface area (Å²) in [4.78, 5) is 14.5. The summed E-state index contributed by atoms with van der Waals surface area (Å²) in [5.41, 5.74) is 2.15. The predicted octanol–water partition coefficient (Wildman–Crippen LogP) is 1.08. The first-order valence-corrected chi connectivity index (χ1v) is 3.57. The van der Waals surface area contributed by atoms with Crippen molar-refractivity contribution in [2.24, 2.45) is 0 Å². The number of aryl methyl sites for hydroxylation is 1. The van der Waals surface area contributed by atoms with Crippen LogP contribution in [0, 0.1) is 6.92 Å². The summed E-state index contributed by atoms with van der Waals surface area (Å²) in [6.07, 6.45) is 3.96. The Morgan fingerprint density at radius 1 is 1.50 bits per heavy atom. The summed E-state index contributed by atoms with van der Waals surface area (Å²) >= 11 is 0. The summed E-state index contributed by atoms with van der Waals surface area (Å²) in [5, 5.41) is 7.70. The molecular weight excluding hydrogens is 154 g/mol. The maximum Gasteiger partial charge on any atom is 0.153 e. The average molecular weight is 161 g/mol. The van der Waals surface area contributed by atoms with Crippen molar-refractivity contribution in [1.82, 2.24) is 15.2 Å². The van der Waals surface area contributed by atoms with E-state index in [0.717, 1.165) is 17.4 Å². The van der Waals surface area contributed by atoms with E-state index in [2.05, 4.69) is 15.2 Å². The Hall–Kier alpha value is -1.71. The molecule has 2 aromatic heterocycles. The molecule has 0 radical (unpaired) electrons. The summed E-state index contributed by atoms with van der Waals surface area (Å²) in [7, 11) is 0. The van der Waals surface area contributed by atoms with E-state index in [1.807, 2.05) is 6.92 Å². The minimum Gasteiger partial charge on any atom is -0.298 e. The van der Waals surface area contributed by atoms with E-state index in [4.69, 9.17) is 0 Å². The Morgan fingerprint density at radius 2 is 2.33 bits per heavy atom. The number of aldehydes is 1. The topological polar surface area (TPSA) is 58.6 Å². The molecule has 0 aromatic carbocycles. The van der Waals surface area contributed by atoms with Gasteiger partial charge in [0.1, 0.15) is 5.52 Å². The summed E-state index contributed by atoms with van der Waals surface area (Å²) in [6.45, 7) is 1.89. The summed E-state index contributed by atoms with van der Waals surface area (Å²) in [6, 6.07) is 0. The number of carbonyl (C=O) groups excluding carboxylic acids is 1. The Bertz CT molecular complexity index is 433. The van der Waals surface area contributed by atoms with Crippen LogP contribution in [0.5, 0.6) is 0 Å². The van der Waals surface area contributed by atoms with Gasteiger partial charge in [-0.2, -0.15) is 5.10 Å². The number of nitrogens with zero attached hydrogens (tertiary/aromatic N) is 2. The molecule has 0 aliphatic rings. The molecule has 4 nitrogen and oxygen atoms in total. The number of H-pyrrole nitrogens is 1. The van der Waals surface area contributed by atoms with Crippen LogP contribution in [0.4, 0.5) is 0 Å². The predicted molar refractivity (Wildman–Crippen MR) is 44.0 cm³/mol. The van der Waals surface area contributed by atoms with Gasteiger partial charge in [0.05, 0.1) is 5.56 Å². The van der Waals surface area contributed by atoms with Crippen LogP contribution in [0.25, 0.3) is 10.9 Å². The van der Waals surface area contributed by atoms with Crippen LogP contribution in [-0.4, -0.2) is 21.5 Å². The van der Waals surface area contributed by atoms with Gasteiger partial charge in [-0.1, -0.05) is 0 Å². The second-order valence-electron chi connectivity index (χ2n) is 2.59. The van der Waals surface area contributed by atoms with E-state index >= 15 is 0 Å². The molecule has 2 heterocycles. The van der Waals surface area contributed by atoms with Crippen LogP contribution >= 0.6 is 0 Å². The second kappa shape index (κ2) is 2.41. The van der Waals surface area contributed by atoms with Crippen LogP contribution < -0.4 is 0 Å². The van der Waals surface area contributed by atoms with Crippen molar-refractivity contribution >= 4 is 17.2 Å². The zero-order valence-corrected chi connectivity index (χ0v) is 6.53. The molecule has 0 saturated carbocycles. The third kappa shape index (κ3) is 0.812. The molecule has 0 unspecified atom stereocenters. The number of hydrogen-bond acceptors (Lipinski definition) is 3. The molecule has 0 amide bonds. The number of aromatic nitrogens is 3. The normalized spacial score (nSPS) is 10.4. The molecule has 0 fully saturated rings. The Kier molecular flexibility index (Phi) is 1.40. The van der Waals surface area contributed by atoms with Gasteiger partial charge in [0, 0.05) is 23.5 Å². The van der Waals surface area contributed by atoms with Gasteiger partial charge in [0.2, 0.25) is 0 Å². The third-order valence-corrected chi connectivity index (χ3v) is 1.81. The lowest BCUT2D eigenvalue weighted by molar-refractivity contribution is 0.112. The second-order valence-corrected chi connectivity index (χ2v) is 2.59. The highest BCUT2D eigenvalue weighted by molar-refractivity contribution is 5.95. The SMILES string of the molecule is Cc1[nH]nc2c(C=O)cncc12. The first-order chi connectivity index (χ1) is 5.83. The zero-order chi connectivity index (χ0) is 8.55. The van der Waals surface area contributed by atoms with Crippen molar-refractivity contribution in [1.29, 1.82) is 0 Å². The fourth-order valence-corrected chi connectivity index (χ4v) is 1.16.